The molecule has 1 N–H and O–H groups in total. The third-order valence-corrected chi connectivity index (χ3v) is 4.85. The monoisotopic (exact) mass is 502 g/mol. The average Bonchev–Trinajstić information content (AvgIpc) is 2.97. The SMILES string of the molecule is CN=C(NCCc1c(C)noc1C)N1CC(C)OC(c2ccc(F)cc2)C1.I. The molecule has 0 spiro atoms. The highest BCUT2D eigenvalue weighted by atomic mass is 127. The molecule has 2 atom stereocenters. The van der Waals surface area contributed by atoms with Crippen LogP contribution < -0.4 is 5.32 Å². The molecule has 0 radical (unpaired) electrons. The number of nitrogens with one attached hydrogen (secondary N) is 1. The molecule has 0 bridgehead atoms. The molecule has 0 amide bonds. The number of hydrogen-bond acceptors (Lipinski definition) is 4. The highest BCUT2D eigenvalue weighted by molar-refractivity contribution is 14.0. The van der Waals surface area contributed by atoms with Crippen LogP contribution in [0.5, 0.6) is 0 Å². The summed E-state index contributed by atoms with van der Waals surface area (Å²) in [6.07, 6.45) is 0.756. The van der Waals surface area contributed by atoms with Crippen LogP contribution in [0.15, 0.2) is 33.8 Å². The minimum absolute atomic E-state index is 0. The maximum absolute atomic E-state index is 13.2. The Labute approximate surface area is 182 Å². The molecule has 8 heteroatoms. The molecule has 0 saturated carbocycles. The summed E-state index contributed by atoms with van der Waals surface area (Å²) in [5.41, 5.74) is 3.04. The Balaban J connectivity index is 0.00000280. The van der Waals surface area contributed by atoms with E-state index in [0.29, 0.717) is 6.54 Å². The van der Waals surface area contributed by atoms with Crippen molar-refractivity contribution in [1.29, 1.82) is 0 Å². The zero-order valence-electron chi connectivity index (χ0n) is 16.7. The van der Waals surface area contributed by atoms with Crippen LogP contribution in [0, 0.1) is 19.7 Å². The number of nitrogens with zero attached hydrogens (tertiary/aromatic N) is 3. The topological polar surface area (TPSA) is 62.9 Å². The molecule has 1 aromatic carbocycles. The number of aliphatic imine (C=N–C) groups is 1. The second kappa shape index (κ2) is 10.2. The number of halogens is 2. The third-order valence-electron chi connectivity index (χ3n) is 4.85. The van der Waals surface area contributed by atoms with Gasteiger partial charge in [-0.25, -0.2) is 4.39 Å². The molecule has 1 aliphatic rings. The lowest BCUT2D eigenvalue weighted by molar-refractivity contribution is -0.0604. The Kier molecular flexibility index (Phi) is 8.23. The number of ether oxygens (including phenoxy) is 1. The van der Waals surface area contributed by atoms with Crippen molar-refractivity contribution in [1.82, 2.24) is 15.4 Å². The molecule has 0 aliphatic carbocycles. The zero-order chi connectivity index (χ0) is 19.4. The Hall–Kier alpha value is -1.68. The molecule has 1 saturated heterocycles. The lowest BCUT2D eigenvalue weighted by Gasteiger charge is -2.38. The fraction of sp³-hybridized carbons (Fsp3) is 0.500. The van der Waals surface area contributed by atoms with Crippen LogP contribution in [-0.2, 0) is 11.2 Å². The quantitative estimate of drug-likeness (QED) is 0.393. The van der Waals surface area contributed by atoms with Gasteiger partial charge in [-0.3, -0.25) is 4.99 Å². The molecule has 2 heterocycles. The van der Waals surface area contributed by atoms with Gasteiger partial charge in [-0.15, -0.1) is 24.0 Å². The second-order valence-corrected chi connectivity index (χ2v) is 6.92. The van der Waals surface area contributed by atoms with E-state index in [1.165, 1.54) is 12.1 Å². The number of hydrogen-bond donors (Lipinski definition) is 1. The van der Waals surface area contributed by atoms with Crippen molar-refractivity contribution in [3.63, 3.8) is 0 Å². The van der Waals surface area contributed by atoms with Crippen molar-refractivity contribution in [2.45, 2.75) is 39.4 Å². The van der Waals surface area contributed by atoms with Gasteiger partial charge in [-0.05, 0) is 44.9 Å². The average molecular weight is 502 g/mol. The van der Waals surface area contributed by atoms with Crippen LogP contribution in [0.4, 0.5) is 4.39 Å². The van der Waals surface area contributed by atoms with E-state index in [1.807, 2.05) is 20.8 Å². The van der Waals surface area contributed by atoms with Gasteiger partial charge in [0.25, 0.3) is 0 Å². The number of morpholine rings is 1. The first kappa shape index (κ1) is 22.6. The fourth-order valence-corrected chi connectivity index (χ4v) is 3.48. The maximum atomic E-state index is 13.2. The van der Waals surface area contributed by atoms with E-state index in [1.54, 1.807) is 19.2 Å². The van der Waals surface area contributed by atoms with Crippen LogP contribution in [-0.4, -0.2) is 48.8 Å². The lowest BCUT2D eigenvalue weighted by Crippen LogP contribution is -2.51. The van der Waals surface area contributed by atoms with Gasteiger partial charge in [0, 0.05) is 25.7 Å². The van der Waals surface area contributed by atoms with E-state index >= 15 is 0 Å². The van der Waals surface area contributed by atoms with Crippen LogP contribution >= 0.6 is 24.0 Å². The summed E-state index contributed by atoms with van der Waals surface area (Å²) < 4.78 is 24.5. The van der Waals surface area contributed by atoms with Crippen molar-refractivity contribution in [3.05, 3.63) is 52.7 Å². The Bertz CT molecular complexity index is 775. The number of rotatable bonds is 4. The third kappa shape index (κ3) is 5.44. The molecular weight excluding hydrogens is 474 g/mol. The van der Waals surface area contributed by atoms with Crippen LogP contribution in [0.3, 0.4) is 0 Å². The second-order valence-electron chi connectivity index (χ2n) is 6.92. The summed E-state index contributed by atoms with van der Waals surface area (Å²) in [5.74, 6) is 1.46. The van der Waals surface area contributed by atoms with E-state index in [9.17, 15) is 4.39 Å². The first-order valence-electron chi connectivity index (χ1n) is 9.26. The van der Waals surface area contributed by atoms with E-state index in [0.717, 1.165) is 48.1 Å². The minimum atomic E-state index is -0.240. The van der Waals surface area contributed by atoms with E-state index in [2.05, 4.69) is 20.4 Å². The summed E-state index contributed by atoms with van der Waals surface area (Å²) >= 11 is 0. The summed E-state index contributed by atoms with van der Waals surface area (Å²) in [6.45, 7) is 8.09. The Morgan fingerprint density at radius 1 is 1.29 bits per heavy atom. The van der Waals surface area contributed by atoms with Gasteiger partial charge in [-0.1, -0.05) is 17.3 Å². The molecular formula is C20H28FIN4O2. The maximum Gasteiger partial charge on any atom is 0.193 e. The predicted molar refractivity (Wildman–Crippen MR) is 118 cm³/mol. The lowest BCUT2D eigenvalue weighted by atomic mass is 10.1. The highest BCUT2D eigenvalue weighted by Crippen LogP contribution is 2.25. The van der Waals surface area contributed by atoms with Crippen LogP contribution in [0.1, 0.15) is 35.6 Å². The van der Waals surface area contributed by atoms with Crippen molar-refractivity contribution in [3.8, 4) is 0 Å². The Morgan fingerprint density at radius 3 is 2.61 bits per heavy atom. The number of guanidine groups is 1. The smallest absolute Gasteiger partial charge is 0.193 e. The molecule has 1 aliphatic heterocycles. The zero-order valence-corrected chi connectivity index (χ0v) is 19.1. The van der Waals surface area contributed by atoms with Gasteiger partial charge in [0.05, 0.1) is 18.3 Å². The predicted octanol–water partition coefficient (Wildman–Crippen LogP) is 3.63. The number of benzene rings is 1. The molecule has 2 aromatic rings. The van der Waals surface area contributed by atoms with Gasteiger partial charge < -0.3 is 19.5 Å². The van der Waals surface area contributed by atoms with Gasteiger partial charge in [0.1, 0.15) is 17.7 Å². The first-order chi connectivity index (χ1) is 13.0. The molecule has 3 rings (SSSR count). The summed E-state index contributed by atoms with van der Waals surface area (Å²) in [4.78, 5) is 6.62. The molecule has 28 heavy (non-hydrogen) atoms. The van der Waals surface area contributed by atoms with Crippen molar-refractivity contribution in [2.24, 2.45) is 4.99 Å². The van der Waals surface area contributed by atoms with Crippen molar-refractivity contribution in [2.75, 3.05) is 26.7 Å². The van der Waals surface area contributed by atoms with Crippen LogP contribution in [0.2, 0.25) is 0 Å². The van der Waals surface area contributed by atoms with E-state index < -0.39 is 0 Å². The molecule has 1 fully saturated rings. The van der Waals surface area contributed by atoms with Crippen molar-refractivity contribution < 1.29 is 13.7 Å². The summed E-state index contributed by atoms with van der Waals surface area (Å²) in [5, 5.41) is 7.42. The standard InChI is InChI=1S/C20H27FN4O2.HI/c1-13-11-25(12-19(26-13)16-5-7-17(21)8-6-16)20(22-4)23-10-9-18-14(2)24-27-15(18)3;/h5-8,13,19H,9-12H2,1-4H3,(H,22,23);1H. The van der Waals surface area contributed by atoms with Crippen molar-refractivity contribution >= 4 is 29.9 Å². The summed E-state index contributed by atoms with van der Waals surface area (Å²) in [6, 6.07) is 6.51. The molecule has 2 unspecified atom stereocenters. The molecule has 1 aromatic heterocycles. The van der Waals surface area contributed by atoms with Gasteiger partial charge in [0.2, 0.25) is 0 Å². The van der Waals surface area contributed by atoms with E-state index in [-0.39, 0.29) is 42.0 Å². The van der Waals surface area contributed by atoms with E-state index in [4.69, 9.17) is 9.26 Å². The minimum Gasteiger partial charge on any atom is -0.367 e. The van der Waals surface area contributed by atoms with Gasteiger partial charge in [-0.2, -0.15) is 0 Å². The fourth-order valence-electron chi connectivity index (χ4n) is 3.48. The first-order valence-corrected chi connectivity index (χ1v) is 9.26. The summed E-state index contributed by atoms with van der Waals surface area (Å²) in [7, 11) is 1.78. The largest absolute Gasteiger partial charge is 0.367 e. The van der Waals surface area contributed by atoms with Gasteiger partial charge >= 0.3 is 0 Å². The Morgan fingerprint density at radius 2 is 2.00 bits per heavy atom. The molecule has 154 valence electrons. The number of aryl methyl sites for hydroxylation is 2. The molecule has 6 nitrogen and oxygen atoms in total. The van der Waals surface area contributed by atoms with Crippen LogP contribution in [0.25, 0.3) is 0 Å². The highest BCUT2D eigenvalue weighted by Gasteiger charge is 2.28. The normalized spacial score (nSPS) is 20.0. The number of aromatic nitrogens is 1. The van der Waals surface area contributed by atoms with Gasteiger partial charge in [0.15, 0.2) is 5.96 Å².